The maximum Gasteiger partial charge on any atom is 0.169 e. The van der Waals surface area contributed by atoms with Gasteiger partial charge in [-0.25, -0.2) is 13.4 Å². The first-order valence-corrected chi connectivity index (χ1v) is 9.21. The zero-order valence-corrected chi connectivity index (χ0v) is 12.9. The van der Waals surface area contributed by atoms with E-state index in [1.165, 1.54) is 6.26 Å². The van der Waals surface area contributed by atoms with Gasteiger partial charge in [0.1, 0.15) is 16.2 Å². The summed E-state index contributed by atoms with van der Waals surface area (Å²) in [6, 6.07) is 5.30. The molecule has 104 valence electrons. The Morgan fingerprint density at radius 1 is 1.58 bits per heavy atom. The predicted molar refractivity (Wildman–Crippen MR) is 83.4 cm³/mol. The molecule has 1 fully saturated rings. The molecule has 0 aromatic carbocycles. The number of nitrogens with two attached hydrogens (primary N) is 1. The Hall–Kier alpha value is -0.860. The molecular formula is C11H15N3O2S3. The van der Waals surface area contributed by atoms with Crippen LogP contribution in [0.3, 0.4) is 0 Å². The Kier molecular flexibility index (Phi) is 4.32. The first-order valence-electron chi connectivity index (χ1n) is 5.69. The number of thioether (sulfide) groups is 1. The smallest absolute Gasteiger partial charge is 0.169 e. The molecule has 0 bridgehead atoms. The topological polar surface area (TPSA) is 76.3 Å². The molecule has 8 heteroatoms. The minimum atomic E-state index is -3.16. The van der Waals surface area contributed by atoms with Crippen LogP contribution in [-0.4, -0.2) is 48.1 Å². The lowest BCUT2D eigenvalue weighted by Gasteiger charge is -2.35. The molecule has 1 aromatic heterocycles. The lowest BCUT2D eigenvalue weighted by atomic mass is 10.3. The number of anilines is 1. The number of hydrogen-bond acceptors (Lipinski definition) is 6. The van der Waals surface area contributed by atoms with Crippen molar-refractivity contribution in [3.8, 4) is 0 Å². The van der Waals surface area contributed by atoms with Gasteiger partial charge in [-0.2, -0.15) is 11.8 Å². The van der Waals surface area contributed by atoms with Crippen molar-refractivity contribution in [3.63, 3.8) is 0 Å². The van der Waals surface area contributed by atoms with Gasteiger partial charge in [0.15, 0.2) is 9.84 Å². The Bertz CT molecular complexity index is 589. The fourth-order valence-electron chi connectivity index (χ4n) is 1.92. The molecule has 0 spiro atoms. The molecule has 19 heavy (non-hydrogen) atoms. The number of pyridine rings is 1. The average molecular weight is 317 g/mol. The number of rotatable bonds is 3. The van der Waals surface area contributed by atoms with Gasteiger partial charge in [-0.05, 0) is 12.1 Å². The highest BCUT2D eigenvalue weighted by Crippen LogP contribution is 2.25. The van der Waals surface area contributed by atoms with E-state index in [2.05, 4.69) is 4.98 Å². The monoisotopic (exact) mass is 317 g/mol. The van der Waals surface area contributed by atoms with Crippen LogP contribution in [0.5, 0.6) is 0 Å². The largest absolute Gasteiger partial charge is 0.388 e. The normalized spacial score (nSPS) is 20.3. The van der Waals surface area contributed by atoms with Crippen LogP contribution < -0.4 is 10.6 Å². The van der Waals surface area contributed by atoms with Crippen LogP contribution in [0.15, 0.2) is 18.2 Å². The molecule has 1 aliphatic heterocycles. The third-order valence-corrected chi connectivity index (χ3v) is 5.71. The van der Waals surface area contributed by atoms with E-state index in [0.717, 1.165) is 5.75 Å². The molecule has 1 unspecified atom stereocenters. The molecule has 1 atom stereocenters. The van der Waals surface area contributed by atoms with Crippen LogP contribution in [0.2, 0.25) is 0 Å². The van der Waals surface area contributed by atoms with Crippen molar-refractivity contribution < 1.29 is 8.42 Å². The van der Waals surface area contributed by atoms with Crippen molar-refractivity contribution in [3.05, 3.63) is 23.9 Å². The van der Waals surface area contributed by atoms with E-state index in [1.807, 2.05) is 4.90 Å². The molecule has 1 saturated heterocycles. The third-order valence-electron chi connectivity index (χ3n) is 2.86. The van der Waals surface area contributed by atoms with Crippen molar-refractivity contribution in [2.75, 3.05) is 29.2 Å². The van der Waals surface area contributed by atoms with Crippen LogP contribution >= 0.6 is 24.0 Å². The van der Waals surface area contributed by atoms with E-state index in [4.69, 9.17) is 18.0 Å². The van der Waals surface area contributed by atoms with E-state index in [1.54, 1.807) is 30.0 Å². The molecule has 2 rings (SSSR count). The van der Waals surface area contributed by atoms with Crippen molar-refractivity contribution in [1.29, 1.82) is 0 Å². The highest BCUT2D eigenvalue weighted by Gasteiger charge is 2.31. The molecule has 5 nitrogen and oxygen atoms in total. The van der Waals surface area contributed by atoms with Gasteiger partial charge in [0.05, 0.1) is 5.69 Å². The number of hydrogen-bond donors (Lipinski definition) is 1. The number of sulfone groups is 1. The Morgan fingerprint density at radius 3 is 2.95 bits per heavy atom. The molecule has 0 amide bonds. The zero-order chi connectivity index (χ0) is 14.0. The van der Waals surface area contributed by atoms with Crippen LogP contribution in [0, 0.1) is 0 Å². The van der Waals surface area contributed by atoms with Crippen molar-refractivity contribution in [1.82, 2.24) is 4.98 Å². The van der Waals surface area contributed by atoms with E-state index in [-0.39, 0.29) is 4.99 Å². The Labute approximate surface area is 122 Å². The van der Waals surface area contributed by atoms with Gasteiger partial charge >= 0.3 is 0 Å². The van der Waals surface area contributed by atoms with Crippen molar-refractivity contribution >= 4 is 44.6 Å². The highest BCUT2D eigenvalue weighted by atomic mass is 32.2. The quantitative estimate of drug-likeness (QED) is 0.820. The maximum absolute atomic E-state index is 11.9. The number of nitrogens with zero attached hydrogens (tertiary/aromatic N) is 2. The molecule has 2 heterocycles. The van der Waals surface area contributed by atoms with E-state index < -0.39 is 15.2 Å². The van der Waals surface area contributed by atoms with Crippen LogP contribution in [-0.2, 0) is 9.84 Å². The van der Waals surface area contributed by atoms with Gasteiger partial charge in [-0.3, -0.25) is 0 Å². The molecule has 1 aromatic rings. The second-order valence-electron chi connectivity index (χ2n) is 4.30. The maximum atomic E-state index is 11.9. The van der Waals surface area contributed by atoms with Crippen LogP contribution in [0.4, 0.5) is 5.82 Å². The highest BCUT2D eigenvalue weighted by molar-refractivity contribution is 8.01. The van der Waals surface area contributed by atoms with Crippen molar-refractivity contribution in [2.45, 2.75) is 5.37 Å². The average Bonchev–Trinajstić information content (AvgIpc) is 2.38. The zero-order valence-electron chi connectivity index (χ0n) is 10.4. The van der Waals surface area contributed by atoms with Gasteiger partial charge in [0, 0.05) is 24.3 Å². The molecule has 0 aliphatic carbocycles. The molecule has 0 saturated carbocycles. The van der Waals surface area contributed by atoms with Gasteiger partial charge < -0.3 is 10.6 Å². The minimum absolute atomic E-state index is 0.212. The Morgan fingerprint density at radius 2 is 2.32 bits per heavy atom. The minimum Gasteiger partial charge on any atom is -0.388 e. The van der Waals surface area contributed by atoms with Crippen LogP contribution in [0.25, 0.3) is 0 Å². The summed E-state index contributed by atoms with van der Waals surface area (Å²) in [5.74, 6) is 2.05. The van der Waals surface area contributed by atoms with Gasteiger partial charge in [-0.15, -0.1) is 0 Å². The number of aromatic nitrogens is 1. The summed E-state index contributed by atoms with van der Waals surface area (Å²) in [6.45, 7) is 0.649. The molecule has 2 N–H and O–H groups in total. The van der Waals surface area contributed by atoms with Gasteiger partial charge in [-0.1, -0.05) is 18.3 Å². The lowest BCUT2D eigenvalue weighted by Crippen LogP contribution is -2.47. The third kappa shape index (κ3) is 3.37. The fraction of sp³-hybridized carbons (Fsp3) is 0.455. The fourth-order valence-corrected chi connectivity index (χ4v) is 4.86. The first kappa shape index (κ1) is 14.5. The Balaban J connectivity index is 2.38. The molecular weight excluding hydrogens is 302 g/mol. The first-order chi connectivity index (χ1) is 8.89. The van der Waals surface area contributed by atoms with Crippen LogP contribution in [0.1, 0.15) is 5.69 Å². The summed E-state index contributed by atoms with van der Waals surface area (Å²) in [5.41, 5.74) is 6.07. The SMILES string of the molecule is CS(=O)(=O)C1CSCCN1c1cccc(C(N)=S)n1. The van der Waals surface area contributed by atoms with E-state index >= 15 is 0 Å². The summed E-state index contributed by atoms with van der Waals surface area (Å²) in [7, 11) is -3.16. The van der Waals surface area contributed by atoms with Crippen molar-refractivity contribution in [2.24, 2.45) is 5.73 Å². The summed E-state index contributed by atoms with van der Waals surface area (Å²) in [5, 5.41) is -0.541. The molecule has 1 aliphatic rings. The van der Waals surface area contributed by atoms with E-state index in [9.17, 15) is 8.42 Å². The summed E-state index contributed by atoms with van der Waals surface area (Å²) < 4.78 is 23.7. The summed E-state index contributed by atoms with van der Waals surface area (Å²) >= 11 is 6.54. The summed E-state index contributed by atoms with van der Waals surface area (Å²) in [4.78, 5) is 6.37. The second-order valence-corrected chi connectivity index (χ2v) is 8.09. The second kappa shape index (κ2) is 5.64. The summed E-state index contributed by atoms with van der Waals surface area (Å²) in [6.07, 6.45) is 1.26. The van der Waals surface area contributed by atoms with E-state index in [0.29, 0.717) is 23.8 Å². The molecule has 0 radical (unpaired) electrons. The predicted octanol–water partition coefficient (Wildman–Crippen LogP) is 0.640. The number of thiocarbonyl (C=S) groups is 1. The van der Waals surface area contributed by atoms with Gasteiger partial charge in [0.2, 0.25) is 0 Å². The lowest BCUT2D eigenvalue weighted by molar-refractivity contribution is 0.583. The standard InChI is InChI=1S/C11H15N3O2S3/c1-19(15,16)10-7-18-6-5-14(10)9-4-2-3-8(13-9)11(12)17/h2-4,10H,5-7H2,1H3,(H2,12,17). The van der Waals surface area contributed by atoms with Gasteiger partial charge in [0.25, 0.3) is 0 Å².